The van der Waals surface area contributed by atoms with Gasteiger partial charge in [-0.25, -0.2) is 4.79 Å². The smallest absolute Gasteiger partial charge is 0.340 e. The molecule has 1 amide bonds. The molecule has 1 rings (SSSR count). The van der Waals surface area contributed by atoms with Crippen LogP contribution in [0.3, 0.4) is 0 Å². The molecule has 0 aromatic heterocycles. The van der Waals surface area contributed by atoms with Crippen molar-refractivity contribution in [3.8, 4) is 11.5 Å². The van der Waals surface area contributed by atoms with Crippen molar-refractivity contribution in [3.05, 3.63) is 17.7 Å². The Hall–Kier alpha value is -2.28. The first kappa shape index (κ1) is 16.8. The van der Waals surface area contributed by atoms with Crippen LogP contribution >= 0.6 is 0 Å². The molecule has 0 saturated heterocycles. The number of esters is 1. The van der Waals surface area contributed by atoms with Gasteiger partial charge in [0.1, 0.15) is 0 Å². The van der Waals surface area contributed by atoms with Crippen molar-refractivity contribution in [2.24, 2.45) is 11.7 Å². The number of anilines is 1. The van der Waals surface area contributed by atoms with E-state index in [4.69, 9.17) is 19.9 Å². The van der Waals surface area contributed by atoms with Crippen molar-refractivity contribution in [2.45, 2.75) is 6.92 Å². The minimum Gasteiger partial charge on any atom is -0.493 e. The summed E-state index contributed by atoms with van der Waals surface area (Å²) >= 11 is 0. The summed E-state index contributed by atoms with van der Waals surface area (Å²) in [5.74, 6) is -0.520. The number of carbonyl (C=O) groups excluding carboxylic acids is 2. The van der Waals surface area contributed by atoms with Crippen LogP contribution in [0.1, 0.15) is 17.3 Å². The lowest BCUT2D eigenvalue weighted by atomic mass is 10.1. The molecule has 0 aliphatic rings. The molecule has 0 saturated carbocycles. The zero-order valence-corrected chi connectivity index (χ0v) is 12.6. The first-order chi connectivity index (χ1) is 9.98. The second kappa shape index (κ2) is 7.49. The lowest BCUT2D eigenvalue weighted by molar-refractivity contribution is -0.119. The van der Waals surface area contributed by atoms with Crippen molar-refractivity contribution in [1.82, 2.24) is 0 Å². The second-order valence-corrected chi connectivity index (χ2v) is 4.37. The van der Waals surface area contributed by atoms with E-state index in [-0.39, 0.29) is 29.6 Å². The minimum atomic E-state index is -0.591. The van der Waals surface area contributed by atoms with E-state index in [1.807, 2.05) is 0 Å². The Morgan fingerprint density at radius 3 is 2.24 bits per heavy atom. The van der Waals surface area contributed by atoms with Crippen LogP contribution < -0.4 is 20.5 Å². The average Bonchev–Trinajstić information content (AvgIpc) is 2.52. The zero-order valence-electron chi connectivity index (χ0n) is 12.6. The van der Waals surface area contributed by atoms with Crippen molar-refractivity contribution in [3.63, 3.8) is 0 Å². The van der Waals surface area contributed by atoms with Crippen molar-refractivity contribution in [2.75, 3.05) is 33.2 Å². The van der Waals surface area contributed by atoms with Crippen molar-refractivity contribution < 1.29 is 23.8 Å². The summed E-state index contributed by atoms with van der Waals surface area (Å²) in [6, 6.07) is 2.96. The minimum absolute atomic E-state index is 0.174. The lowest BCUT2D eigenvalue weighted by Crippen LogP contribution is -2.27. The van der Waals surface area contributed by atoms with Gasteiger partial charge in [0.2, 0.25) is 5.91 Å². The van der Waals surface area contributed by atoms with Crippen LogP contribution in [0.2, 0.25) is 0 Å². The van der Waals surface area contributed by atoms with E-state index in [9.17, 15) is 9.59 Å². The molecule has 1 aromatic rings. The van der Waals surface area contributed by atoms with Gasteiger partial charge in [0.25, 0.3) is 0 Å². The molecule has 21 heavy (non-hydrogen) atoms. The van der Waals surface area contributed by atoms with Gasteiger partial charge in [-0.3, -0.25) is 4.79 Å². The number of rotatable bonds is 6. The quantitative estimate of drug-likeness (QED) is 0.760. The number of nitrogens with two attached hydrogens (primary N) is 1. The van der Waals surface area contributed by atoms with Crippen LogP contribution in [-0.4, -0.2) is 39.8 Å². The van der Waals surface area contributed by atoms with Crippen molar-refractivity contribution >= 4 is 17.6 Å². The van der Waals surface area contributed by atoms with Crippen LogP contribution in [0.15, 0.2) is 12.1 Å². The summed E-state index contributed by atoms with van der Waals surface area (Å²) in [7, 11) is 4.17. The van der Waals surface area contributed by atoms with Gasteiger partial charge >= 0.3 is 5.97 Å². The molecule has 7 nitrogen and oxygen atoms in total. The van der Waals surface area contributed by atoms with E-state index in [0.29, 0.717) is 11.5 Å². The van der Waals surface area contributed by atoms with E-state index in [2.05, 4.69) is 5.32 Å². The maximum atomic E-state index is 11.9. The fourth-order valence-electron chi connectivity index (χ4n) is 1.62. The molecule has 0 spiro atoms. The van der Waals surface area contributed by atoms with E-state index in [1.54, 1.807) is 6.92 Å². The van der Waals surface area contributed by atoms with Crippen LogP contribution in [0.5, 0.6) is 11.5 Å². The molecule has 0 fully saturated rings. The third-order valence-electron chi connectivity index (χ3n) is 2.99. The summed E-state index contributed by atoms with van der Waals surface area (Å²) in [6.45, 7) is 1.89. The fourth-order valence-corrected chi connectivity index (χ4v) is 1.62. The number of amides is 1. The number of ether oxygens (including phenoxy) is 3. The summed E-state index contributed by atoms with van der Waals surface area (Å²) in [5.41, 5.74) is 5.91. The number of benzene rings is 1. The largest absolute Gasteiger partial charge is 0.493 e. The number of methoxy groups -OCH3 is 3. The van der Waals surface area contributed by atoms with Crippen LogP contribution in [0, 0.1) is 5.92 Å². The molecule has 1 unspecified atom stereocenters. The van der Waals surface area contributed by atoms with Gasteiger partial charge in [-0.1, -0.05) is 6.92 Å². The van der Waals surface area contributed by atoms with Gasteiger partial charge in [-0.15, -0.1) is 0 Å². The third-order valence-corrected chi connectivity index (χ3v) is 2.99. The number of carbonyl (C=O) groups is 2. The Morgan fingerprint density at radius 2 is 1.76 bits per heavy atom. The molecule has 116 valence electrons. The van der Waals surface area contributed by atoms with E-state index in [1.165, 1.54) is 33.5 Å². The molecule has 0 aliphatic carbocycles. The maximum Gasteiger partial charge on any atom is 0.340 e. The van der Waals surface area contributed by atoms with Crippen LogP contribution in [0.4, 0.5) is 5.69 Å². The van der Waals surface area contributed by atoms with Crippen LogP contribution in [-0.2, 0) is 9.53 Å². The average molecular weight is 296 g/mol. The molecule has 3 N–H and O–H groups in total. The first-order valence-electron chi connectivity index (χ1n) is 6.33. The summed E-state index contributed by atoms with van der Waals surface area (Å²) in [5, 5.41) is 2.65. The van der Waals surface area contributed by atoms with Gasteiger partial charge in [-0.05, 0) is 0 Å². The highest BCUT2D eigenvalue weighted by molar-refractivity contribution is 6.02. The second-order valence-electron chi connectivity index (χ2n) is 4.37. The third kappa shape index (κ3) is 3.85. The van der Waals surface area contributed by atoms with E-state index >= 15 is 0 Å². The monoisotopic (exact) mass is 296 g/mol. The number of nitrogens with one attached hydrogen (secondary N) is 1. The Morgan fingerprint density at radius 1 is 1.19 bits per heavy atom. The van der Waals surface area contributed by atoms with Crippen LogP contribution in [0.25, 0.3) is 0 Å². The fraction of sp³-hybridized carbons (Fsp3) is 0.429. The molecular formula is C14H20N2O5. The Kier molecular flexibility index (Phi) is 5.98. The Labute approximate surface area is 123 Å². The highest BCUT2D eigenvalue weighted by Gasteiger charge is 2.20. The van der Waals surface area contributed by atoms with Gasteiger partial charge in [0.05, 0.1) is 32.6 Å². The van der Waals surface area contributed by atoms with E-state index < -0.39 is 5.97 Å². The molecular weight excluding hydrogens is 276 g/mol. The molecule has 0 heterocycles. The first-order valence-corrected chi connectivity index (χ1v) is 6.33. The Bertz CT molecular complexity index is 530. The standard InChI is InChI=1S/C14H20N2O5/c1-8(7-15)13(17)16-10-6-12(20-3)11(19-2)5-9(10)14(18)21-4/h5-6,8H,7,15H2,1-4H3,(H,16,17). The summed E-state index contributed by atoms with van der Waals surface area (Å²) in [6.07, 6.45) is 0. The molecule has 7 heteroatoms. The highest BCUT2D eigenvalue weighted by atomic mass is 16.5. The van der Waals surface area contributed by atoms with Gasteiger partial charge in [0.15, 0.2) is 11.5 Å². The predicted molar refractivity (Wildman–Crippen MR) is 77.7 cm³/mol. The number of hydrogen-bond donors (Lipinski definition) is 2. The normalized spacial score (nSPS) is 11.5. The maximum absolute atomic E-state index is 11.9. The SMILES string of the molecule is COC(=O)c1cc(OC)c(OC)cc1NC(=O)C(C)CN. The predicted octanol–water partition coefficient (Wildman–Crippen LogP) is 1.02. The zero-order chi connectivity index (χ0) is 16.0. The van der Waals surface area contributed by atoms with Gasteiger partial charge in [0, 0.05) is 24.6 Å². The topological polar surface area (TPSA) is 99.9 Å². The highest BCUT2D eigenvalue weighted by Crippen LogP contribution is 2.33. The summed E-state index contributed by atoms with van der Waals surface area (Å²) < 4.78 is 15.0. The Balaban J connectivity index is 3.26. The number of hydrogen-bond acceptors (Lipinski definition) is 6. The molecule has 1 aromatic carbocycles. The van der Waals surface area contributed by atoms with Gasteiger partial charge in [-0.2, -0.15) is 0 Å². The molecule has 1 atom stereocenters. The van der Waals surface area contributed by atoms with Gasteiger partial charge < -0.3 is 25.3 Å². The molecule has 0 aliphatic heterocycles. The van der Waals surface area contributed by atoms with E-state index in [0.717, 1.165) is 0 Å². The lowest BCUT2D eigenvalue weighted by Gasteiger charge is -2.16. The molecule has 0 radical (unpaired) electrons. The summed E-state index contributed by atoms with van der Waals surface area (Å²) in [4.78, 5) is 23.8. The molecule has 0 bridgehead atoms. The van der Waals surface area contributed by atoms with Crippen molar-refractivity contribution in [1.29, 1.82) is 0 Å².